The molecule has 0 aromatic heterocycles. The van der Waals surface area contributed by atoms with Crippen LogP contribution in [0.15, 0.2) is 24.3 Å². The minimum absolute atomic E-state index is 0.214. The third kappa shape index (κ3) is 7.64. The molecule has 0 fully saturated rings. The first-order valence-electron chi connectivity index (χ1n) is 6.37. The van der Waals surface area contributed by atoms with Crippen LogP contribution < -0.4 is 10.1 Å². The molecular weight excluding hydrogens is 269 g/mol. The molecule has 0 aliphatic carbocycles. The molecule has 0 aliphatic rings. The van der Waals surface area contributed by atoms with Crippen LogP contribution in [-0.4, -0.2) is 19.3 Å². The van der Waals surface area contributed by atoms with E-state index in [1.165, 1.54) is 6.07 Å². The lowest BCUT2D eigenvalue weighted by atomic mass is 10.2. The molecule has 0 spiro atoms. The van der Waals surface area contributed by atoms with E-state index >= 15 is 0 Å². The first kappa shape index (κ1) is 16.3. The van der Waals surface area contributed by atoms with Crippen LogP contribution in [0.25, 0.3) is 0 Å². The van der Waals surface area contributed by atoms with E-state index in [0.717, 1.165) is 24.9 Å². The summed E-state index contributed by atoms with van der Waals surface area (Å²) in [6, 6.07) is 8.65. The van der Waals surface area contributed by atoms with Gasteiger partial charge in [0.05, 0.1) is 6.07 Å². The number of benzene rings is 1. The summed E-state index contributed by atoms with van der Waals surface area (Å²) in [4.78, 5) is 0. The highest BCUT2D eigenvalue weighted by Gasteiger charge is 2.28. The molecule has 1 N–H and O–H groups in total. The second-order valence-electron chi connectivity index (χ2n) is 4.34. The number of nitriles is 1. The molecule has 0 aliphatic heterocycles. The summed E-state index contributed by atoms with van der Waals surface area (Å²) in [6.45, 7) is 0.0587. The zero-order chi connectivity index (χ0) is 14.8. The van der Waals surface area contributed by atoms with Gasteiger partial charge in [-0.15, -0.1) is 0 Å². The largest absolute Gasteiger partial charge is 0.484 e. The Balaban J connectivity index is 2.31. The Hall–Kier alpha value is -1.74. The van der Waals surface area contributed by atoms with E-state index in [4.69, 9.17) is 5.26 Å². The average molecular weight is 286 g/mol. The number of nitrogens with zero attached hydrogens (tertiary/aromatic N) is 1. The van der Waals surface area contributed by atoms with Crippen molar-refractivity contribution < 1.29 is 17.9 Å². The van der Waals surface area contributed by atoms with Gasteiger partial charge in [-0.3, -0.25) is 0 Å². The predicted molar refractivity (Wildman–Crippen MR) is 69.2 cm³/mol. The van der Waals surface area contributed by atoms with Gasteiger partial charge in [0.25, 0.3) is 0 Å². The highest BCUT2D eigenvalue weighted by atomic mass is 19.4. The zero-order valence-corrected chi connectivity index (χ0v) is 11.0. The number of ether oxygens (including phenoxy) is 1. The van der Waals surface area contributed by atoms with Crippen molar-refractivity contribution in [2.45, 2.75) is 32.0 Å². The van der Waals surface area contributed by atoms with Gasteiger partial charge in [0.2, 0.25) is 0 Å². The van der Waals surface area contributed by atoms with Gasteiger partial charge >= 0.3 is 6.18 Å². The molecule has 6 heteroatoms. The second kappa shape index (κ2) is 8.43. The molecule has 0 radical (unpaired) electrons. The zero-order valence-electron chi connectivity index (χ0n) is 11.0. The van der Waals surface area contributed by atoms with Crippen LogP contribution in [0.4, 0.5) is 13.2 Å². The van der Waals surface area contributed by atoms with E-state index < -0.39 is 12.8 Å². The minimum Gasteiger partial charge on any atom is -0.484 e. The first-order valence-corrected chi connectivity index (χ1v) is 6.37. The maximum Gasteiger partial charge on any atom is 0.422 e. The fraction of sp³-hybridized carbons (Fsp3) is 0.500. The van der Waals surface area contributed by atoms with E-state index in [-0.39, 0.29) is 5.75 Å². The normalized spacial score (nSPS) is 11.1. The fourth-order valence-corrected chi connectivity index (χ4v) is 1.60. The first-order chi connectivity index (χ1) is 9.51. The van der Waals surface area contributed by atoms with Crippen LogP contribution in [0.3, 0.4) is 0 Å². The highest BCUT2D eigenvalue weighted by molar-refractivity contribution is 5.28. The average Bonchev–Trinajstić information content (AvgIpc) is 2.40. The fourth-order valence-electron chi connectivity index (χ4n) is 1.60. The summed E-state index contributed by atoms with van der Waals surface area (Å²) in [5.41, 5.74) is 0.866. The van der Waals surface area contributed by atoms with E-state index in [0.29, 0.717) is 13.0 Å². The summed E-state index contributed by atoms with van der Waals surface area (Å²) in [7, 11) is 0. The number of hydrogen-bond donors (Lipinski definition) is 1. The SMILES string of the molecule is N#CCCCCNCc1cccc(OCC(F)(F)F)c1. The van der Waals surface area contributed by atoms with Crippen LogP contribution in [0.1, 0.15) is 24.8 Å². The molecule has 1 aromatic carbocycles. The van der Waals surface area contributed by atoms with Gasteiger partial charge < -0.3 is 10.1 Å². The summed E-state index contributed by atoms with van der Waals surface area (Å²) in [5.74, 6) is 0.214. The molecule has 0 heterocycles. The Morgan fingerprint density at radius 3 is 2.75 bits per heavy atom. The summed E-state index contributed by atoms with van der Waals surface area (Å²) in [5, 5.41) is 11.5. The third-order valence-corrected chi connectivity index (χ3v) is 2.52. The van der Waals surface area contributed by atoms with Gasteiger partial charge in [0.15, 0.2) is 6.61 Å². The number of hydrogen-bond acceptors (Lipinski definition) is 3. The van der Waals surface area contributed by atoms with Crippen molar-refractivity contribution in [1.29, 1.82) is 5.26 Å². The maximum absolute atomic E-state index is 12.0. The number of unbranched alkanes of at least 4 members (excludes halogenated alkanes) is 2. The van der Waals surface area contributed by atoms with Gasteiger partial charge in [-0.25, -0.2) is 0 Å². The molecule has 0 atom stereocenters. The lowest BCUT2D eigenvalue weighted by molar-refractivity contribution is -0.153. The standard InChI is InChI=1S/C14H17F3N2O/c15-14(16,17)11-20-13-6-4-5-12(9-13)10-19-8-3-1-2-7-18/h4-6,9,19H,1-3,8,10-11H2. The molecular formula is C14H17F3N2O. The summed E-state index contributed by atoms with van der Waals surface area (Å²) >= 11 is 0. The van der Waals surface area contributed by atoms with Crippen molar-refractivity contribution in [2.24, 2.45) is 0 Å². The van der Waals surface area contributed by atoms with Gasteiger partial charge in [-0.05, 0) is 37.1 Å². The highest BCUT2D eigenvalue weighted by Crippen LogP contribution is 2.19. The summed E-state index contributed by atoms with van der Waals surface area (Å²) in [6.07, 6.45) is -2.03. The van der Waals surface area contributed by atoms with Gasteiger partial charge in [-0.1, -0.05) is 12.1 Å². The molecule has 1 aromatic rings. The third-order valence-electron chi connectivity index (χ3n) is 2.52. The molecule has 0 amide bonds. The Morgan fingerprint density at radius 2 is 2.05 bits per heavy atom. The van der Waals surface area contributed by atoms with Crippen LogP contribution in [0.5, 0.6) is 5.75 Å². The lowest BCUT2D eigenvalue weighted by Crippen LogP contribution is -2.19. The lowest BCUT2D eigenvalue weighted by Gasteiger charge is -2.10. The van der Waals surface area contributed by atoms with Crippen LogP contribution in [-0.2, 0) is 6.54 Å². The topological polar surface area (TPSA) is 45.0 Å². The summed E-state index contributed by atoms with van der Waals surface area (Å²) < 4.78 is 40.8. The predicted octanol–water partition coefficient (Wildman–Crippen LogP) is 3.41. The van der Waals surface area contributed by atoms with Crippen molar-refractivity contribution in [3.8, 4) is 11.8 Å². The van der Waals surface area contributed by atoms with E-state index in [1.54, 1.807) is 12.1 Å². The monoisotopic (exact) mass is 286 g/mol. The van der Waals surface area contributed by atoms with E-state index in [2.05, 4.69) is 16.1 Å². The van der Waals surface area contributed by atoms with Crippen molar-refractivity contribution in [3.05, 3.63) is 29.8 Å². The van der Waals surface area contributed by atoms with Crippen molar-refractivity contribution >= 4 is 0 Å². The second-order valence-corrected chi connectivity index (χ2v) is 4.34. The Kier molecular flexibility index (Phi) is 6.88. The van der Waals surface area contributed by atoms with Crippen molar-refractivity contribution in [2.75, 3.05) is 13.2 Å². The molecule has 0 saturated heterocycles. The van der Waals surface area contributed by atoms with Crippen LogP contribution >= 0.6 is 0 Å². The Labute approximate surface area is 116 Å². The van der Waals surface area contributed by atoms with E-state index in [9.17, 15) is 13.2 Å². The number of alkyl halides is 3. The maximum atomic E-state index is 12.0. The smallest absolute Gasteiger partial charge is 0.422 e. The van der Waals surface area contributed by atoms with Crippen LogP contribution in [0.2, 0.25) is 0 Å². The molecule has 0 saturated carbocycles. The Bertz CT molecular complexity index is 441. The number of halogens is 3. The molecule has 0 bridgehead atoms. The molecule has 20 heavy (non-hydrogen) atoms. The number of rotatable bonds is 8. The van der Waals surface area contributed by atoms with E-state index in [1.807, 2.05) is 6.07 Å². The van der Waals surface area contributed by atoms with Crippen LogP contribution in [0, 0.1) is 11.3 Å². The Morgan fingerprint density at radius 1 is 1.25 bits per heavy atom. The number of nitrogens with one attached hydrogen (secondary N) is 1. The van der Waals surface area contributed by atoms with Gasteiger partial charge in [0, 0.05) is 13.0 Å². The van der Waals surface area contributed by atoms with Crippen molar-refractivity contribution in [1.82, 2.24) is 5.32 Å². The quantitative estimate of drug-likeness (QED) is 0.745. The van der Waals surface area contributed by atoms with Crippen molar-refractivity contribution in [3.63, 3.8) is 0 Å². The molecule has 0 unspecified atom stereocenters. The van der Waals surface area contributed by atoms with Gasteiger partial charge in [-0.2, -0.15) is 18.4 Å². The molecule has 3 nitrogen and oxygen atoms in total. The molecule has 110 valence electrons. The molecule has 1 rings (SSSR count). The minimum atomic E-state index is -4.32. The van der Waals surface area contributed by atoms with Gasteiger partial charge in [0.1, 0.15) is 5.75 Å².